The van der Waals surface area contributed by atoms with E-state index >= 15 is 0 Å². The van der Waals surface area contributed by atoms with Gasteiger partial charge in [0.05, 0.1) is 24.0 Å². The minimum Gasteiger partial charge on any atom is -0.468 e. The summed E-state index contributed by atoms with van der Waals surface area (Å²) in [6, 6.07) is 10.8. The normalized spacial score (nSPS) is 11.3. The van der Waals surface area contributed by atoms with E-state index in [0.29, 0.717) is 12.2 Å². The number of benzene rings is 1. The van der Waals surface area contributed by atoms with Crippen LogP contribution in [0.15, 0.2) is 47.1 Å². The molecule has 6 nitrogen and oxygen atoms in total. The molecule has 0 aliphatic heterocycles. The first-order chi connectivity index (χ1) is 12.4. The molecule has 0 atom stereocenters. The fraction of sp³-hybridized carbons (Fsp3) is 0.353. The van der Waals surface area contributed by atoms with Gasteiger partial charge in [0, 0.05) is 10.1 Å². The van der Waals surface area contributed by atoms with Gasteiger partial charge in [-0.25, -0.2) is 8.42 Å². The molecule has 9 heteroatoms. The Morgan fingerprint density at radius 1 is 1.27 bits per heavy atom. The van der Waals surface area contributed by atoms with Crippen LogP contribution in [0.25, 0.3) is 0 Å². The van der Waals surface area contributed by atoms with E-state index in [-0.39, 0.29) is 12.5 Å². The Morgan fingerprint density at radius 2 is 2.00 bits per heavy atom. The summed E-state index contributed by atoms with van der Waals surface area (Å²) in [5.41, 5.74) is 0.483. The second kappa shape index (κ2) is 10.2. The Bertz CT molecular complexity index is 793. The van der Waals surface area contributed by atoms with E-state index in [1.807, 2.05) is 24.3 Å². The third kappa shape index (κ3) is 7.20. The average molecular weight is 508 g/mol. The molecule has 1 N–H and O–H groups in total. The number of nitrogens with one attached hydrogen (secondary N) is 1. The van der Waals surface area contributed by atoms with E-state index in [2.05, 4.69) is 27.9 Å². The topological polar surface area (TPSA) is 79.6 Å². The summed E-state index contributed by atoms with van der Waals surface area (Å²) in [4.78, 5) is 12.1. The monoisotopic (exact) mass is 508 g/mol. The highest BCUT2D eigenvalue weighted by Crippen LogP contribution is 2.19. The molecule has 1 aromatic carbocycles. The van der Waals surface area contributed by atoms with Crippen molar-refractivity contribution in [2.75, 3.05) is 29.4 Å². The number of thioether (sulfide) groups is 1. The number of rotatable bonds is 10. The molecule has 0 saturated heterocycles. The molecular formula is C17H21IN2O4S2. The minimum absolute atomic E-state index is 0.223. The molecule has 0 aliphatic rings. The van der Waals surface area contributed by atoms with E-state index in [1.54, 1.807) is 30.2 Å². The maximum atomic E-state index is 12.1. The summed E-state index contributed by atoms with van der Waals surface area (Å²) in [5.74, 6) is 2.30. The lowest BCUT2D eigenvalue weighted by Gasteiger charge is -2.22. The van der Waals surface area contributed by atoms with Crippen molar-refractivity contribution in [1.29, 1.82) is 0 Å². The van der Waals surface area contributed by atoms with Crippen LogP contribution in [-0.4, -0.2) is 39.4 Å². The molecule has 0 radical (unpaired) electrons. The Hall–Kier alpha value is -1.20. The number of anilines is 1. The maximum Gasteiger partial charge on any atom is 0.240 e. The van der Waals surface area contributed by atoms with Gasteiger partial charge in [0.25, 0.3) is 0 Å². The fourth-order valence-corrected chi connectivity index (χ4v) is 4.24. The van der Waals surface area contributed by atoms with Crippen LogP contribution < -0.4 is 9.62 Å². The SMILES string of the molecule is CS(=O)(=O)N(CC(=O)NCCCSCc1ccco1)c1ccc(I)cc1. The fourth-order valence-electron chi connectivity index (χ4n) is 2.16. The molecule has 1 aromatic heterocycles. The first-order valence-corrected chi connectivity index (χ1v) is 12.0. The van der Waals surface area contributed by atoms with Crippen LogP contribution in [0.4, 0.5) is 5.69 Å². The molecule has 26 heavy (non-hydrogen) atoms. The molecule has 0 aliphatic carbocycles. The van der Waals surface area contributed by atoms with Crippen molar-refractivity contribution in [1.82, 2.24) is 5.32 Å². The lowest BCUT2D eigenvalue weighted by Crippen LogP contribution is -2.40. The van der Waals surface area contributed by atoms with E-state index in [4.69, 9.17) is 4.42 Å². The first kappa shape index (κ1) is 21.1. The number of hydrogen-bond acceptors (Lipinski definition) is 5. The van der Waals surface area contributed by atoms with Gasteiger partial charge in [-0.05, 0) is 71.2 Å². The van der Waals surface area contributed by atoms with Gasteiger partial charge in [-0.15, -0.1) is 0 Å². The lowest BCUT2D eigenvalue weighted by atomic mass is 10.3. The summed E-state index contributed by atoms with van der Waals surface area (Å²) >= 11 is 3.87. The maximum absolute atomic E-state index is 12.1. The summed E-state index contributed by atoms with van der Waals surface area (Å²) in [7, 11) is -3.53. The molecule has 0 saturated carbocycles. The van der Waals surface area contributed by atoms with Gasteiger partial charge in [-0.3, -0.25) is 9.10 Å². The van der Waals surface area contributed by atoms with Crippen molar-refractivity contribution in [3.8, 4) is 0 Å². The molecule has 0 unspecified atom stereocenters. The largest absolute Gasteiger partial charge is 0.468 e. The van der Waals surface area contributed by atoms with Crippen molar-refractivity contribution in [2.45, 2.75) is 12.2 Å². The van der Waals surface area contributed by atoms with Crippen LogP contribution in [0.3, 0.4) is 0 Å². The molecule has 0 fully saturated rings. The number of sulfonamides is 1. The first-order valence-electron chi connectivity index (χ1n) is 7.96. The molecule has 1 heterocycles. The number of carbonyl (C=O) groups excluding carboxylic acids is 1. The number of furan rings is 1. The molecular weight excluding hydrogens is 487 g/mol. The molecule has 1 amide bonds. The summed E-state index contributed by atoms with van der Waals surface area (Å²) in [5, 5.41) is 2.78. The zero-order valence-corrected chi connectivity index (χ0v) is 18.1. The minimum atomic E-state index is -3.53. The van der Waals surface area contributed by atoms with Crippen molar-refractivity contribution < 1.29 is 17.6 Å². The van der Waals surface area contributed by atoms with E-state index in [1.165, 1.54) is 0 Å². The van der Waals surface area contributed by atoms with E-state index in [0.717, 1.165) is 37.8 Å². The van der Waals surface area contributed by atoms with Crippen molar-refractivity contribution in [3.05, 3.63) is 52.0 Å². The third-order valence-electron chi connectivity index (χ3n) is 3.41. The Morgan fingerprint density at radius 3 is 2.62 bits per heavy atom. The van der Waals surface area contributed by atoms with Crippen LogP contribution in [0.2, 0.25) is 0 Å². The number of hydrogen-bond donors (Lipinski definition) is 1. The number of nitrogens with zero attached hydrogens (tertiary/aromatic N) is 1. The van der Waals surface area contributed by atoms with Crippen molar-refractivity contribution in [2.24, 2.45) is 0 Å². The van der Waals surface area contributed by atoms with Crippen LogP contribution in [-0.2, 0) is 20.6 Å². The standard InChI is InChI=1S/C17H21IN2O4S2/c1-26(22,23)20(15-7-5-14(18)6-8-15)12-17(21)19-9-3-11-25-13-16-4-2-10-24-16/h2,4-8,10H,3,9,11-13H2,1H3,(H,19,21). The number of halogens is 1. The quantitative estimate of drug-likeness (QED) is 0.394. The predicted octanol–water partition coefficient (Wildman–Crippen LogP) is 3.09. The molecule has 142 valence electrons. The van der Waals surface area contributed by atoms with Gasteiger partial charge in [0.2, 0.25) is 15.9 Å². The van der Waals surface area contributed by atoms with Gasteiger partial charge < -0.3 is 9.73 Å². The zero-order valence-electron chi connectivity index (χ0n) is 14.4. The summed E-state index contributed by atoms with van der Waals surface area (Å²) < 4.78 is 31.4. The second-order valence-corrected chi connectivity index (χ2v) is 9.84. The number of amides is 1. The van der Waals surface area contributed by atoms with E-state index < -0.39 is 10.0 Å². The highest BCUT2D eigenvalue weighted by Gasteiger charge is 2.20. The number of carbonyl (C=O) groups is 1. The lowest BCUT2D eigenvalue weighted by molar-refractivity contribution is -0.119. The Kier molecular flexibility index (Phi) is 8.29. The Labute approximate surface area is 171 Å². The van der Waals surface area contributed by atoms with Gasteiger partial charge in [-0.1, -0.05) is 0 Å². The smallest absolute Gasteiger partial charge is 0.240 e. The van der Waals surface area contributed by atoms with Crippen LogP contribution in [0.5, 0.6) is 0 Å². The van der Waals surface area contributed by atoms with Crippen molar-refractivity contribution in [3.63, 3.8) is 0 Å². The zero-order chi connectivity index (χ0) is 19.0. The summed E-state index contributed by atoms with van der Waals surface area (Å²) in [6.07, 6.45) is 3.56. The van der Waals surface area contributed by atoms with Gasteiger partial charge in [0.1, 0.15) is 12.3 Å². The van der Waals surface area contributed by atoms with Crippen molar-refractivity contribution >= 4 is 56.0 Å². The van der Waals surface area contributed by atoms with Gasteiger partial charge in [0.15, 0.2) is 0 Å². The molecule has 2 aromatic rings. The Balaban J connectivity index is 1.75. The predicted molar refractivity (Wildman–Crippen MR) is 114 cm³/mol. The highest BCUT2D eigenvalue weighted by atomic mass is 127. The molecule has 0 bridgehead atoms. The van der Waals surface area contributed by atoms with Gasteiger partial charge >= 0.3 is 0 Å². The molecule has 0 spiro atoms. The van der Waals surface area contributed by atoms with Crippen LogP contribution in [0, 0.1) is 3.57 Å². The van der Waals surface area contributed by atoms with Gasteiger partial charge in [-0.2, -0.15) is 11.8 Å². The van der Waals surface area contributed by atoms with E-state index in [9.17, 15) is 13.2 Å². The molecule has 2 rings (SSSR count). The summed E-state index contributed by atoms with van der Waals surface area (Å²) in [6.45, 7) is 0.285. The second-order valence-electron chi connectivity index (χ2n) is 5.58. The van der Waals surface area contributed by atoms with Crippen LogP contribution in [0.1, 0.15) is 12.2 Å². The third-order valence-corrected chi connectivity index (χ3v) is 6.34. The highest BCUT2D eigenvalue weighted by molar-refractivity contribution is 14.1. The van der Waals surface area contributed by atoms with Crippen LogP contribution >= 0.6 is 34.4 Å². The average Bonchev–Trinajstić information content (AvgIpc) is 3.09.